The molecule has 0 radical (unpaired) electrons. The Morgan fingerprint density at radius 2 is 2.00 bits per heavy atom. The molecule has 28 heavy (non-hydrogen) atoms. The van der Waals surface area contributed by atoms with Crippen molar-refractivity contribution in [1.82, 2.24) is 40.3 Å². The molecule has 0 aliphatic rings. The lowest BCUT2D eigenvalue weighted by Gasteiger charge is -2.08. The third-order valence-electron chi connectivity index (χ3n) is 4.33. The van der Waals surface area contributed by atoms with E-state index in [0.717, 1.165) is 34.6 Å². The highest BCUT2D eigenvalue weighted by Gasteiger charge is 2.14. The Hall–Kier alpha value is -2.78. The molecule has 1 N–H and O–H groups in total. The van der Waals surface area contributed by atoms with Gasteiger partial charge in [-0.25, -0.2) is 9.67 Å². The number of tetrazole rings is 1. The zero-order chi connectivity index (χ0) is 19.3. The number of hydrogen-bond donors (Lipinski definition) is 1. The molecular formula is C19H22N8S. The highest BCUT2D eigenvalue weighted by atomic mass is 32.2. The predicted molar refractivity (Wildman–Crippen MR) is 110 cm³/mol. The van der Waals surface area contributed by atoms with E-state index < -0.39 is 0 Å². The largest absolute Gasteiger partial charge is 0.309 e. The number of rotatable bonds is 8. The van der Waals surface area contributed by atoms with Gasteiger partial charge in [0.1, 0.15) is 12.2 Å². The molecule has 0 spiro atoms. The zero-order valence-electron chi connectivity index (χ0n) is 15.9. The molecule has 0 saturated carbocycles. The van der Waals surface area contributed by atoms with Gasteiger partial charge in [0.2, 0.25) is 0 Å². The molecule has 144 valence electrons. The van der Waals surface area contributed by atoms with E-state index in [0.29, 0.717) is 12.4 Å². The van der Waals surface area contributed by atoms with E-state index >= 15 is 0 Å². The number of nitrogens with one attached hydrogen (secondary N) is 1. The first-order valence-corrected chi connectivity index (χ1v) is 10.1. The van der Waals surface area contributed by atoms with Crippen LogP contribution in [0.2, 0.25) is 0 Å². The molecule has 0 saturated heterocycles. The molecular weight excluding hydrogens is 372 g/mol. The minimum absolute atomic E-state index is 0.420. The lowest BCUT2D eigenvalue weighted by atomic mass is 10.1. The van der Waals surface area contributed by atoms with Crippen molar-refractivity contribution in [3.63, 3.8) is 0 Å². The van der Waals surface area contributed by atoms with Crippen molar-refractivity contribution < 1.29 is 0 Å². The zero-order valence-corrected chi connectivity index (χ0v) is 16.7. The number of thioether (sulfide) groups is 1. The molecule has 9 heteroatoms. The summed E-state index contributed by atoms with van der Waals surface area (Å²) in [4.78, 5) is 7.99. The van der Waals surface area contributed by atoms with Gasteiger partial charge in [0, 0.05) is 22.0 Å². The van der Waals surface area contributed by atoms with Gasteiger partial charge >= 0.3 is 0 Å². The SMILES string of the molecule is CN(C)CCCSc1ccc(-c2nn(Cc3nn[nH]n3)c3ncccc23)cc1. The maximum atomic E-state index is 4.78. The first kappa shape index (κ1) is 18.6. The van der Waals surface area contributed by atoms with Crippen LogP contribution in [0.25, 0.3) is 22.3 Å². The average molecular weight is 395 g/mol. The summed E-state index contributed by atoms with van der Waals surface area (Å²) in [5.41, 5.74) is 2.79. The van der Waals surface area contributed by atoms with Crippen molar-refractivity contribution in [2.75, 3.05) is 26.4 Å². The second-order valence-corrected chi connectivity index (χ2v) is 7.91. The molecule has 3 aromatic heterocycles. The van der Waals surface area contributed by atoms with Crippen LogP contribution in [-0.4, -0.2) is 66.7 Å². The molecule has 0 fully saturated rings. The van der Waals surface area contributed by atoms with Gasteiger partial charge in [-0.15, -0.1) is 22.0 Å². The maximum absolute atomic E-state index is 4.78. The number of benzene rings is 1. The molecule has 4 aromatic rings. The summed E-state index contributed by atoms with van der Waals surface area (Å²) >= 11 is 1.89. The molecule has 3 heterocycles. The fourth-order valence-electron chi connectivity index (χ4n) is 3.00. The molecule has 0 bridgehead atoms. The minimum Gasteiger partial charge on any atom is -0.309 e. The molecule has 4 rings (SSSR count). The van der Waals surface area contributed by atoms with Crippen LogP contribution in [0.5, 0.6) is 0 Å². The predicted octanol–water partition coefficient (Wildman–Crippen LogP) is 2.70. The van der Waals surface area contributed by atoms with E-state index in [1.165, 1.54) is 11.3 Å². The minimum atomic E-state index is 0.420. The van der Waals surface area contributed by atoms with E-state index in [2.05, 4.69) is 68.9 Å². The van der Waals surface area contributed by atoms with E-state index in [-0.39, 0.29) is 0 Å². The first-order valence-electron chi connectivity index (χ1n) is 9.12. The number of hydrogen-bond acceptors (Lipinski definition) is 7. The standard InChI is InChI=1S/C19H22N8S/c1-26(2)11-4-12-28-15-8-6-14(7-9-15)18-16-5-3-10-20-19(16)27(23-18)13-17-21-24-25-22-17/h3,5-10H,4,11-13H2,1-2H3,(H,21,22,24,25). The van der Waals surface area contributed by atoms with Gasteiger partial charge in [-0.3, -0.25) is 0 Å². The van der Waals surface area contributed by atoms with Gasteiger partial charge in [-0.2, -0.15) is 10.3 Å². The molecule has 1 aromatic carbocycles. The van der Waals surface area contributed by atoms with Gasteiger partial charge in [0.15, 0.2) is 11.5 Å². The molecule has 0 aliphatic heterocycles. The van der Waals surface area contributed by atoms with Crippen molar-refractivity contribution in [3.05, 3.63) is 48.4 Å². The Morgan fingerprint density at radius 1 is 1.14 bits per heavy atom. The quantitative estimate of drug-likeness (QED) is 0.363. The third kappa shape index (κ3) is 4.20. The van der Waals surface area contributed by atoms with Crippen LogP contribution in [0.1, 0.15) is 12.2 Å². The Kier molecular flexibility index (Phi) is 5.63. The molecule has 0 amide bonds. The smallest absolute Gasteiger partial charge is 0.196 e. The maximum Gasteiger partial charge on any atom is 0.196 e. The fraction of sp³-hybridized carbons (Fsp3) is 0.316. The lowest BCUT2D eigenvalue weighted by Crippen LogP contribution is -2.13. The third-order valence-corrected chi connectivity index (χ3v) is 5.43. The van der Waals surface area contributed by atoms with E-state index in [1.807, 2.05) is 28.6 Å². The Morgan fingerprint density at radius 3 is 2.75 bits per heavy atom. The van der Waals surface area contributed by atoms with E-state index in [1.54, 1.807) is 6.20 Å². The average Bonchev–Trinajstić information content (AvgIpc) is 3.34. The van der Waals surface area contributed by atoms with Crippen LogP contribution in [-0.2, 0) is 6.54 Å². The molecule has 0 unspecified atom stereocenters. The number of pyridine rings is 1. The van der Waals surface area contributed by atoms with Crippen LogP contribution in [0, 0.1) is 0 Å². The Labute approximate surface area is 167 Å². The highest BCUT2D eigenvalue weighted by molar-refractivity contribution is 7.99. The second-order valence-electron chi connectivity index (χ2n) is 6.74. The van der Waals surface area contributed by atoms with Crippen LogP contribution in [0.4, 0.5) is 0 Å². The van der Waals surface area contributed by atoms with Crippen molar-refractivity contribution >= 4 is 22.8 Å². The van der Waals surface area contributed by atoms with Gasteiger partial charge in [0.05, 0.1) is 0 Å². The molecule has 0 atom stereocenters. The van der Waals surface area contributed by atoms with Crippen LogP contribution < -0.4 is 0 Å². The fourth-order valence-corrected chi connectivity index (χ4v) is 3.83. The monoisotopic (exact) mass is 394 g/mol. The lowest BCUT2D eigenvalue weighted by molar-refractivity contribution is 0.410. The number of aromatic amines is 1. The second kappa shape index (κ2) is 8.49. The van der Waals surface area contributed by atoms with Gasteiger partial charge in [0.25, 0.3) is 0 Å². The van der Waals surface area contributed by atoms with E-state index in [9.17, 15) is 0 Å². The Balaban J connectivity index is 1.55. The number of H-pyrrole nitrogens is 1. The van der Waals surface area contributed by atoms with Crippen LogP contribution >= 0.6 is 11.8 Å². The van der Waals surface area contributed by atoms with Crippen molar-refractivity contribution in [1.29, 1.82) is 0 Å². The van der Waals surface area contributed by atoms with Gasteiger partial charge in [-0.05, 0) is 57.1 Å². The van der Waals surface area contributed by atoms with E-state index in [4.69, 9.17) is 5.10 Å². The highest BCUT2D eigenvalue weighted by Crippen LogP contribution is 2.29. The van der Waals surface area contributed by atoms with Crippen LogP contribution in [0.3, 0.4) is 0 Å². The van der Waals surface area contributed by atoms with Crippen molar-refractivity contribution in [2.45, 2.75) is 17.9 Å². The molecule has 0 aliphatic carbocycles. The summed E-state index contributed by atoms with van der Waals surface area (Å²) in [6.07, 6.45) is 2.95. The number of aromatic nitrogens is 7. The summed E-state index contributed by atoms with van der Waals surface area (Å²) in [5, 5.41) is 19.9. The topological polar surface area (TPSA) is 88.4 Å². The molecule has 8 nitrogen and oxygen atoms in total. The van der Waals surface area contributed by atoms with Gasteiger partial charge < -0.3 is 4.90 Å². The first-order chi connectivity index (χ1) is 13.7. The summed E-state index contributed by atoms with van der Waals surface area (Å²) in [7, 11) is 4.22. The van der Waals surface area contributed by atoms with Gasteiger partial charge in [-0.1, -0.05) is 17.3 Å². The Bertz CT molecular complexity index is 1020. The van der Waals surface area contributed by atoms with Crippen molar-refractivity contribution in [2.24, 2.45) is 0 Å². The summed E-state index contributed by atoms with van der Waals surface area (Å²) < 4.78 is 1.82. The summed E-state index contributed by atoms with van der Waals surface area (Å²) in [6, 6.07) is 12.6. The van der Waals surface area contributed by atoms with Crippen LogP contribution in [0.15, 0.2) is 47.5 Å². The number of fused-ring (bicyclic) bond motifs is 1. The summed E-state index contributed by atoms with van der Waals surface area (Å²) in [6.45, 7) is 1.53. The summed E-state index contributed by atoms with van der Waals surface area (Å²) in [5.74, 6) is 1.69. The number of nitrogens with zero attached hydrogens (tertiary/aromatic N) is 7. The normalized spacial score (nSPS) is 11.5. The van der Waals surface area contributed by atoms with Crippen molar-refractivity contribution in [3.8, 4) is 11.3 Å².